The number of hydrogen-bond donors (Lipinski definition) is 1. The van der Waals surface area contributed by atoms with E-state index in [0.717, 1.165) is 0 Å². The summed E-state index contributed by atoms with van der Waals surface area (Å²) >= 11 is 0. The van der Waals surface area contributed by atoms with E-state index >= 15 is 0 Å². The van der Waals surface area contributed by atoms with Crippen LogP contribution in [0.1, 0.15) is 17.2 Å². The third-order valence-corrected chi connectivity index (χ3v) is 3.39. The van der Waals surface area contributed by atoms with Crippen LogP contribution in [0.2, 0.25) is 0 Å². The molecule has 0 heterocycles. The SMILES string of the molecule is COC(=O)C(NC(=O)/C=C/c1ccc([N+](=O)[O-])cc1)c1ccccc1. The van der Waals surface area contributed by atoms with Gasteiger partial charge in [0.05, 0.1) is 12.0 Å². The van der Waals surface area contributed by atoms with E-state index in [1.165, 1.54) is 43.5 Å². The molecule has 0 aliphatic carbocycles. The van der Waals surface area contributed by atoms with E-state index in [4.69, 9.17) is 4.74 Å². The standard InChI is InChI=1S/C18H16N2O5/c1-25-18(22)17(14-5-3-2-4-6-14)19-16(21)12-9-13-7-10-15(11-8-13)20(23)24/h2-12,17H,1H3,(H,19,21)/b12-9+. The van der Waals surface area contributed by atoms with Crippen molar-refractivity contribution in [1.82, 2.24) is 5.32 Å². The van der Waals surface area contributed by atoms with Crippen molar-refractivity contribution in [2.75, 3.05) is 7.11 Å². The van der Waals surface area contributed by atoms with E-state index in [-0.39, 0.29) is 5.69 Å². The highest BCUT2D eigenvalue weighted by Crippen LogP contribution is 2.15. The summed E-state index contributed by atoms with van der Waals surface area (Å²) in [6, 6.07) is 13.6. The number of benzene rings is 2. The molecule has 0 fully saturated rings. The molecule has 1 amide bonds. The van der Waals surface area contributed by atoms with E-state index in [2.05, 4.69) is 5.32 Å². The van der Waals surface area contributed by atoms with Crippen molar-refractivity contribution in [1.29, 1.82) is 0 Å². The largest absolute Gasteiger partial charge is 0.467 e. The Morgan fingerprint density at radius 2 is 1.76 bits per heavy atom. The van der Waals surface area contributed by atoms with Gasteiger partial charge in [0.1, 0.15) is 0 Å². The molecule has 0 radical (unpaired) electrons. The Labute approximate surface area is 144 Å². The molecular weight excluding hydrogens is 324 g/mol. The van der Waals surface area contributed by atoms with E-state index in [1.807, 2.05) is 0 Å². The number of carbonyl (C=O) groups is 2. The number of methoxy groups -OCH3 is 1. The summed E-state index contributed by atoms with van der Waals surface area (Å²) < 4.78 is 4.72. The minimum absolute atomic E-state index is 0.0311. The lowest BCUT2D eigenvalue weighted by Gasteiger charge is -2.15. The first-order chi connectivity index (χ1) is 12.0. The van der Waals surface area contributed by atoms with Crippen molar-refractivity contribution < 1.29 is 19.2 Å². The molecule has 7 heteroatoms. The molecule has 0 aliphatic heterocycles. The van der Waals surface area contributed by atoms with Gasteiger partial charge in [-0.3, -0.25) is 14.9 Å². The lowest BCUT2D eigenvalue weighted by Crippen LogP contribution is -2.33. The monoisotopic (exact) mass is 340 g/mol. The zero-order chi connectivity index (χ0) is 18.2. The fourth-order valence-electron chi connectivity index (χ4n) is 2.11. The van der Waals surface area contributed by atoms with Gasteiger partial charge < -0.3 is 10.1 Å². The Hall–Kier alpha value is -3.48. The predicted molar refractivity (Wildman–Crippen MR) is 91.5 cm³/mol. The molecule has 7 nitrogen and oxygen atoms in total. The molecular formula is C18H16N2O5. The van der Waals surface area contributed by atoms with Crippen LogP contribution < -0.4 is 5.32 Å². The van der Waals surface area contributed by atoms with Crippen LogP contribution in [0.3, 0.4) is 0 Å². The van der Waals surface area contributed by atoms with Crippen LogP contribution in [0.4, 0.5) is 5.69 Å². The second-order valence-electron chi connectivity index (χ2n) is 5.06. The van der Waals surface area contributed by atoms with Crippen molar-refractivity contribution >= 4 is 23.6 Å². The summed E-state index contributed by atoms with van der Waals surface area (Å²) in [6.07, 6.45) is 2.75. The molecule has 0 saturated heterocycles. The summed E-state index contributed by atoms with van der Waals surface area (Å²) in [6.45, 7) is 0. The van der Waals surface area contributed by atoms with Crippen LogP contribution >= 0.6 is 0 Å². The molecule has 1 atom stereocenters. The maximum absolute atomic E-state index is 12.1. The Morgan fingerprint density at radius 3 is 2.32 bits per heavy atom. The minimum atomic E-state index is -0.916. The average Bonchev–Trinajstić information content (AvgIpc) is 2.64. The van der Waals surface area contributed by atoms with Crippen molar-refractivity contribution in [2.45, 2.75) is 6.04 Å². The van der Waals surface area contributed by atoms with Gasteiger partial charge in [-0.2, -0.15) is 0 Å². The summed E-state index contributed by atoms with van der Waals surface area (Å²) in [5.74, 6) is -1.07. The van der Waals surface area contributed by atoms with Gasteiger partial charge in [-0.25, -0.2) is 4.79 Å². The second-order valence-corrected chi connectivity index (χ2v) is 5.06. The molecule has 2 aromatic carbocycles. The predicted octanol–water partition coefficient (Wildman–Crippen LogP) is 2.64. The third kappa shape index (κ3) is 5.00. The number of rotatable bonds is 6. The van der Waals surface area contributed by atoms with Crippen molar-refractivity contribution in [3.8, 4) is 0 Å². The lowest BCUT2D eigenvalue weighted by molar-refractivity contribution is -0.384. The van der Waals surface area contributed by atoms with E-state index in [9.17, 15) is 19.7 Å². The van der Waals surface area contributed by atoms with Gasteiger partial charge in [0, 0.05) is 18.2 Å². The number of amides is 1. The number of non-ortho nitro benzene ring substituents is 1. The highest BCUT2D eigenvalue weighted by atomic mass is 16.6. The average molecular weight is 340 g/mol. The Kier molecular flexibility index (Phi) is 6.00. The Balaban J connectivity index is 2.08. The number of nitro benzene ring substituents is 1. The summed E-state index contributed by atoms with van der Waals surface area (Å²) in [5, 5.41) is 13.2. The van der Waals surface area contributed by atoms with Gasteiger partial charge >= 0.3 is 5.97 Å². The molecule has 0 spiro atoms. The summed E-state index contributed by atoms with van der Waals surface area (Å²) in [7, 11) is 1.25. The van der Waals surface area contributed by atoms with Crippen molar-refractivity contribution in [3.05, 3.63) is 81.9 Å². The van der Waals surface area contributed by atoms with Crippen LogP contribution in [0, 0.1) is 10.1 Å². The normalized spacial score (nSPS) is 11.7. The minimum Gasteiger partial charge on any atom is -0.467 e. The maximum Gasteiger partial charge on any atom is 0.333 e. The van der Waals surface area contributed by atoms with E-state index in [1.54, 1.807) is 30.3 Å². The Morgan fingerprint density at radius 1 is 1.12 bits per heavy atom. The number of nitro groups is 1. The molecule has 0 bridgehead atoms. The molecule has 128 valence electrons. The molecule has 25 heavy (non-hydrogen) atoms. The molecule has 1 unspecified atom stereocenters. The topological polar surface area (TPSA) is 98.5 Å². The highest BCUT2D eigenvalue weighted by molar-refractivity contribution is 5.94. The molecule has 2 rings (SSSR count). The lowest BCUT2D eigenvalue weighted by atomic mass is 10.1. The number of esters is 1. The first-order valence-electron chi connectivity index (χ1n) is 7.37. The number of ether oxygens (including phenoxy) is 1. The fraction of sp³-hybridized carbons (Fsp3) is 0.111. The number of nitrogens with one attached hydrogen (secondary N) is 1. The smallest absolute Gasteiger partial charge is 0.333 e. The molecule has 0 saturated carbocycles. The first-order valence-corrected chi connectivity index (χ1v) is 7.37. The third-order valence-electron chi connectivity index (χ3n) is 3.39. The van der Waals surface area contributed by atoms with Crippen molar-refractivity contribution in [2.24, 2.45) is 0 Å². The first kappa shape index (κ1) is 17.9. The molecule has 0 aromatic heterocycles. The van der Waals surface area contributed by atoms with Crippen molar-refractivity contribution in [3.63, 3.8) is 0 Å². The van der Waals surface area contributed by atoms with Crippen LogP contribution in [-0.4, -0.2) is 23.9 Å². The summed E-state index contributed by atoms with van der Waals surface area (Å²) in [4.78, 5) is 34.1. The second kappa shape index (κ2) is 8.39. The number of hydrogen-bond acceptors (Lipinski definition) is 5. The summed E-state index contributed by atoms with van der Waals surface area (Å²) in [5.41, 5.74) is 1.19. The van der Waals surface area contributed by atoms with Crippen LogP contribution in [0.25, 0.3) is 6.08 Å². The van der Waals surface area contributed by atoms with Gasteiger partial charge in [0.25, 0.3) is 5.69 Å². The van der Waals surface area contributed by atoms with Gasteiger partial charge in [-0.05, 0) is 29.3 Å². The van der Waals surface area contributed by atoms with Crippen LogP contribution in [-0.2, 0) is 14.3 Å². The molecule has 2 aromatic rings. The zero-order valence-corrected chi connectivity index (χ0v) is 13.4. The molecule has 0 aliphatic rings. The van der Waals surface area contributed by atoms with Gasteiger partial charge in [-0.15, -0.1) is 0 Å². The molecule has 1 N–H and O–H groups in total. The van der Waals surface area contributed by atoms with Crippen LogP contribution in [0.5, 0.6) is 0 Å². The number of carbonyl (C=O) groups excluding carboxylic acids is 2. The van der Waals surface area contributed by atoms with E-state index < -0.39 is 22.8 Å². The quantitative estimate of drug-likeness (QED) is 0.377. The van der Waals surface area contributed by atoms with Gasteiger partial charge in [0.15, 0.2) is 6.04 Å². The fourth-order valence-corrected chi connectivity index (χ4v) is 2.11. The Bertz CT molecular complexity index is 785. The van der Waals surface area contributed by atoms with E-state index in [0.29, 0.717) is 11.1 Å². The number of nitrogens with zero attached hydrogens (tertiary/aromatic N) is 1. The highest BCUT2D eigenvalue weighted by Gasteiger charge is 2.22. The maximum atomic E-state index is 12.1. The van der Waals surface area contributed by atoms with Crippen LogP contribution in [0.15, 0.2) is 60.7 Å². The van der Waals surface area contributed by atoms with Gasteiger partial charge in [0.2, 0.25) is 5.91 Å². The zero-order valence-electron chi connectivity index (χ0n) is 13.4. The van der Waals surface area contributed by atoms with Gasteiger partial charge in [-0.1, -0.05) is 30.3 Å².